The Hall–Kier alpha value is -1.71. The molecule has 0 saturated heterocycles. The molecule has 1 aliphatic rings. The molecule has 0 fully saturated rings. The van der Waals surface area contributed by atoms with Crippen LogP contribution in [0.25, 0.3) is 0 Å². The molecule has 1 aromatic rings. The molecule has 4 heteroatoms. The zero-order valence-electron chi connectivity index (χ0n) is 8.51. The lowest BCUT2D eigenvalue weighted by Gasteiger charge is -2.33. The zero-order valence-corrected chi connectivity index (χ0v) is 8.51. The molecule has 80 valence electrons. The monoisotopic (exact) mass is 207 g/mol. The van der Waals surface area contributed by atoms with Crippen LogP contribution in [0.3, 0.4) is 0 Å². The first kappa shape index (κ1) is 9.83. The fourth-order valence-electron chi connectivity index (χ4n) is 1.79. The van der Waals surface area contributed by atoms with Crippen LogP contribution in [0.4, 0.5) is 5.69 Å². The highest BCUT2D eigenvalue weighted by molar-refractivity contribution is 5.68. The summed E-state index contributed by atoms with van der Waals surface area (Å²) in [5.74, 6) is -0.0646. The molecule has 1 unspecified atom stereocenters. The van der Waals surface area contributed by atoms with Gasteiger partial charge >= 0.3 is 5.97 Å². The summed E-state index contributed by atoms with van der Waals surface area (Å²) in [5.41, 5.74) is 1.01. The van der Waals surface area contributed by atoms with E-state index in [1.807, 2.05) is 36.2 Å². The largest absolute Gasteiger partial charge is 0.486 e. The Morgan fingerprint density at radius 3 is 3.07 bits per heavy atom. The molecule has 0 amide bonds. The van der Waals surface area contributed by atoms with Crippen LogP contribution in [-0.2, 0) is 4.79 Å². The van der Waals surface area contributed by atoms with E-state index in [4.69, 9.17) is 9.84 Å². The number of ether oxygens (including phenoxy) is 1. The number of hydrogen-bond acceptors (Lipinski definition) is 3. The Kier molecular flexibility index (Phi) is 2.49. The van der Waals surface area contributed by atoms with Gasteiger partial charge in [-0.1, -0.05) is 12.1 Å². The molecule has 4 nitrogen and oxygen atoms in total. The number of likely N-dealkylation sites (N-methyl/N-ethyl adjacent to an activating group) is 1. The van der Waals surface area contributed by atoms with Gasteiger partial charge in [0.2, 0.25) is 0 Å². The van der Waals surface area contributed by atoms with E-state index in [1.54, 1.807) is 0 Å². The van der Waals surface area contributed by atoms with E-state index in [1.165, 1.54) is 0 Å². The lowest BCUT2D eigenvalue weighted by Crippen LogP contribution is -2.38. The number of para-hydroxylation sites is 2. The minimum Gasteiger partial charge on any atom is -0.486 e. The van der Waals surface area contributed by atoms with Crippen LogP contribution in [-0.4, -0.2) is 30.8 Å². The number of carboxylic acid groups (broad SMARTS) is 1. The van der Waals surface area contributed by atoms with Crippen molar-refractivity contribution in [3.05, 3.63) is 24.3 Å². The number of anilines is 1. The van der Waals surface area contributed by atoms with Crippen LogP contribution in [0.1, 0.15) is 6.42 Å². The Labute approximate surface area is 88.1 Å². The van der Waals surface area contributed by atoms with Gasteiger partial charge < -0.3 is 14.7 Å². The van der Waals surface area contributed by atoms with Gasteiger partial charge in [-0.15, -0.1) is 0 Å². The predicted octanol–water partition coefficient (Wildman–Crippen LogP) is 1.36. The van der Waals surface area contributed by atoms with Crippen LogP contribution < -0.4 is 9.64 Å². The Balaban J connectivity index is 2.19. The summed E-state index contributed by atoms with van der Waals surface area (Å²) in [6.45, 7) is 0.614. The van der Waals surface area contributed by atoms with E-state index in [-0.39, 0.29) is 12.5 Å². The number of carboxylic acids is 1. The topological polar surface area (TPSA) is 49.8 Å². The maximum atomic E-state index is 10.6. The third-order valence-corrected chi connectivity index (χ3v) is 2.45. The molecule has 0 saturated carbocycles. The molecule has 1 heterocycles. The number of aliphatic carboxylic acids is 1. The van der Waals surface area contributed by atoms with Crippen molar-refractivity contribution in [1.82, 2.24) is 0 Å². The van der Waals surface area contributed by atoms with Gasteiger partial charge in [0.1, 0.15) is 11.9 Å². The fourth-order valence-corrected chi connectivity index (χ4v) is 1.79. The summed E-state index contributed by atoms with van der Waals surface area (Å²) in [7, 11) is 1.94. The third-order valence-electron chi connectivity index (χ3n) is 2.45. The van der Waals surface area contributed by atoms with Crippen LogP contribution in [0.2, 0.25) is 0 Å². The molecule has 0 spiro atoms. The van der Waals surface area contributed by atoms with Crippen molar-refractivity contribution in [3.8, 4) is 5.75 Å². The summed E-state index contributed by atoms with van der Waals surface area (Å²) in [4.78, 5) is 12.6. The number of fused-ring (bicyclic) bond motifs is 1. The number of benzene rings is 1. The lowest BCUT2D eigenvalue weighted by atomic mass is 10.1. The highest BCUT2D eigenvalue weighted by Gasteiger charge is 2.24. The highest BCUT2D eigenvalue weighted by atomic mass is 16.5. The number of nitrogens with zero attached hydrogens (tertiary/aromatic N) is 1. The van der Waals surface area contributed by atoms with Gasteiger partial charge in [-0.3, -0.25) is 4.79 Å². The minimum atomic E-state index is -0.826. The van der Waals surface area contributed by atoms with Crippen LogP contribution >= 0.6 is 0 Å². The average Bonchev–Trinajstić information content (AvgIpc) is 2.16. The Morgan fingerprint density at radius 1 is 1.60 bits per heavy atom. The van der Waals surface area contributed by atoms with Crippen molar-refractivity contribution in [2.24, 2.45) is 0 Å². The van der Waals surface area contributed by atoms with Crippen LogP contribution in [0, 0.1) is 0 Å². The maximum absolute atomic E-state index is 10.6. The number of carbonyl (C=O) groups is 1. The van der Waals surface area contributed by atoms with Gasteiger partial charge in [0.15, 0.2) is 0 Å². The van der Waals surface area contributed by atoms with Crippen molar-refractivity contribution < 1.29 is 14.6 Å². The van der Waals surface area contributed by atoms with Gasteiger partial charge in [-0.2, -0.15) is 0 Å². The standard InChI is InChI=1S/C11H13NO3/c1-12-7-8(6-11(13)14)15-10-5-3-2-4-9(10)12/h2-5,8H,6-7H2,1H3,(H,13,14). The molecule has 0 radical (unpaired) electrons. The van der Waals surface area contributed by atoms with Crippen molar-refractivity contribution in [1.29, 1.82) is 0 Å². The van der Waals surface area contributed by atoms with Crippen LogP contribution in [0.5, 0.6) is 5.75 Å². The SMILES string of the molecule is CN1CC(CC(=O)O)Oc2ccccc21. The number of hydrogen-bond donors (Lipinski definition) is 1. The van der Waals surface area contributed by atoms with E-state index < -0.39 is 5.97 Å². The van der Waals surface area contributed by atoms with Crippen molar-refractivity contribution >= 4 is 11.7 Å². The minimum absolute atomic E-state index is 0.0404. The van der Waals surface area contributed by atoms with Gasteiger partial charge in [-0.25, -0.2) is 0 Å². The first-order chi connectivity index (χ1) is 7.16. The van der Waals surface area contributed by atoms with Gasteiger partial charge in [0, 0.05) is 7.05 Å². The molecule has 0 aromatic heterocycles. The summed E-state index contributed by atoms with van der Waals surface area (Å²) in [6.07, 6.45) is -0.221. The van der Waals surface area contributed by atoms with E-state index in [0.717, 1.165) is 11.4 Å². The maximum Gasteiger partial charge on any atom is 0.307 e. The fraction of sp³-hybridized carbons (Fsp3) is 0.364. The summed E-state index contributed by atoms with van der Waals surface area (Å²) in [6, 6.07) is 7.65. The summed E-state index contributed by atoms with van der Waals surface area (Å²) in [5, 5.41) is 8.70. The van der Waals surface area contributed by atoms with E-state index in [9.17, 15) is 4.79 Å². The molecule has 1 atom stereocenters. The van der Waals surface area contributed by atoms with Gasteiger partial charge in [-0.05, 0) is 12.1 Å². The molecular formula is C11H13NO3. The summed E-state index contributed by atoms with van der Waals surface area (Å²) < 4.78 is 5.59. The predicted molar refractivity (Wildman–Crippen MR) is 56.4 cm³/mol. The molecule has 0 aliphatic carbocycles. The van der Waals surface area contributed by atoms with Crippen molar-refractivity contribution in [2.45, 2.75) is 12.5 Å². The second-order valence-corrected chi connectivity index (χ2v) is 3.69. The molecule has 1 aliphatic heterocycles. The molecule has 0 bridgehead atoms. The van der Waals surface area contributed by atoms with Crippen LogP contribution in [0.15, 0.2) is 24.3 Å². The van der Waals surface area contributed by atoms with Crippen molar-refractivity contribution in [3.63, 3.8) is 0 Å². The molecule has 1 aromatic carbocycles. The Morgan fingerprint density at radius 2 is 2.33 bits per heavy atom. The van der Waals surface area contributed by atoms with Gasteiger partial charge in [0.25, 0.3) is 0 Å². The zero-order chi connectivity index (χ0) is 10.8. The Bertz CT molecular complexity index is 378. The molecule has 2 rings (SSSR count). The molecule has 1 N–H and O–H groups in total. The third kappa shape index (κ3) is 2.03. The molecular weight excluding hydrogens is 194 g/mol. The van der Waals surface area contributed by atoms with E-state index in [0.29, 0.717) is 6.54 Å². The van der Waals surface area contributed by atoms with E-state index >= 15 is 0 Å². The second kappa shape index (κ2) is 3.81. The first-order valence-electron chi connectivity index (χ1n) is 4.85. The summed E-state index contributed by atoms with van der Waals surface area (Å²) >= 11 is 0. The lowest BCUT2D eigenvalue weighted by molar-refractivity contribution is -0.138. The number of rotatable bonds is 2. The van der Waals surface area contributed by atoms with Crippen molar-refractivity contribution in [2.75, 3.05) is 18.5 Å². The first-order valence-corrected chi connectivity index (χ1v) is 4.85. The second-order valence-electron chi connectivity index (χ2n) is 3.69. The molecule has 15 heavy (non-hydrogen) atoms. The highest BCUT2D eigenvalue weighted by Crippen LogP contribution is 2.32. The average molecular weight is 207 g/mol. The van der Waals surface area contributed by atoms with Gasteiger partial charge in [0.05, 0.1) is 18.7 Å². The van der Waals surface area contributed by atoms with E-state index in [2.05, 4.69) is 0 Å². The smallest absolute Gasteiger partial charge is 0.307 e. The normalized spacial score (nSPS) is 19.3. The quantitative estimate of drug-likeness (QED) is 0.795.